The van der Waals surface area contributed by atoms with Crippen LogP contribution < -0.4 is 0 Å². The summed E-state index contributed by atoms with van der Waals surface area (Å²) in [7, 11) is 0. The molecule has 7 nitrogen and oxygen atoms in total. The Morgan fingerprint density at radius 2 is 1.41 bits per heavy atom. The number of alkyl halides is 6. The summed E-state index contributed by atoms with van der Waals surface area (Å²) in [4.78, 5) is 0. The van der Waals surface area contributed by atoms with Crippen LogP contribution in [0.3, 0.4) is 0 Å². The third-order valence-corrected chi connectivity index (χ3v) is 4.49. The fourth-order valence-electron chi connectivity index (χ4n) is 2.30. The van der Waals surface area contributed by atoms with E-state index in [1.807, 2.05) is 0 Å². The lowest BCUT2D eigenvalue weighted by molar-refractivity contribution is 0.493. The predicted octanol–water partition coefficient (Wildman–Crippen LogP) is 6.69. The quantitative estimate of drug-likeness (QED) is 0.281. The second kappa shape index (κ2) is 7.65. The number of nitrogens with zero attached hydrogens (tertiary/aromatic N) is 4. The SMILES string of the molecule is ClC(Cl)(Cl)c1nnc(/C=C/c2cc3cc(-c4nnc(C(Cl)(Cl)Cl)o4)ccc3o2)o1. The Bertz CT molecular complexity index is 1200. The van der Waals surface area contributed by atoms with Crippen LogP contribution >= 0.6 is 69.6 Å². The Kier molecular flexibility index (Phi) is 5.48. The third-order valence-electron chi connectivity index (χ3n) is 3.52. The highest BCUT2D eigenvalue weighted by molar-refractivity contribution is 6.66. The van der Waals surface area contributed by atoms with Crippen LogP contribution in [-0.4, -0.2) is 20.4 Å². The van der Waals surface area contributed by atoms with Gasteiger partial charge in [-0.1, -0.05) is 69.6 Å². The maximum Gasteiger partial charge on any atom is 0.268 e. The molecule has 0 aliphatic heterocycles. The Labute approximate surface area is 192 Å². The zero-order chi connectivity index (χ0) is 20.8. The molecule has 0 aliphatic carbocycles. The van der Waals surface area contributed by atoms with Crippen molar-refractivity contribution in [1.29, 1.82) is 0 Å². The highest BCUT2D eigenvalue weighted by atomic mass is 35.6. The molecule has 1 aromatic carbocycles. The van der Waals surface area contributed by atoms with Crippen molar-refractivity contribution in [1.82, 2.24) is 20.4 Å². The number of halogens is 6. The Morgan fingerprint density at radius 1 is 0.724 bits per heavy atom. The van der Waals surface area contributed by atoms with Gasteiger partial charge < -0.3 is 13.3 Å². The van der Waals surface area contributed by atoms with Gasteiger partial charge in [0, 0.05) is 17.0 Å². The van der Waals surface area contributed by atoms with Crippen LogP contribution in [0.2, 0.25) is 0 Å². The van der Waals surface area contributed by atoms with Gasteiger partial charge in [-0.05, 0) is 30.3 Å². The van der Waals surface area contributed by atoms with Gasteiger partial charge in [0.2, 0.25) is 11.8 Å². The number of benzene rings is 1. The number of hydrogen-bond donors (Lipinski definition) is 0. The van der Waals surface area contributed by atoms with Crippen molar-refractivity contribution in [2.45, 2.75) is 7.59 Å². The van der Waals surface area contributed by atoms with Crippen LogP contribution in [0.1, 0.15) is 23.4 Å². The van der Waals surface area contributed by atoms with Gasteiger partial charge in [-0.3, -0.25) is 0 Å². The summed E-state index contributed by atoms with van der Waals surface area (Å²) in [6.45, 7) is 0. The molecule has 0 aliphatic rings. The number of hydrogen-bond acceptors (Lipinski definition) is 7. The van der Waals surface area contributed by atoms with Crippen LogP contribution in [0.25, 0.3) is 34.6 Å². The normalized spacial score (nSPS) is 13.0. The maximum atomic E-state index is 5.74. The standard InChI is InChI=1S/C16H6Cl6N4O3/c17-15(18,19)13-25-23-11(28-13)4-2-9-6-8-5-7(1-3-10(8)27-9)12-24-26-14(29-12)16(20,21)22/h1-6H/b4-2+. The number of furan rings is 1. The first-order valence-electron chi connectivity index (χ1n) is 7.63. The molecule has 0 bridgehead atoms. The van der Waals surface area contributed by atoms with E-state index in [-0.39, 0.29) is 23.6 Å². The van der Waals surface area contributed by atoms with Gasteiger partial charge in [0.25, 0.3) is 19.4 Å². The molecule has 3 aromatic heterocycles. The fourth-order valence-corrected chi connectivity index (χ4v) is 2.76. The van der Waals surface area contributed by atoms with Crippen LogP contribution in [0, 0.1) is 0 Å². The summed E-state index contributed by atoms with van der Waals surface area (Å²) in [5.74, 6) is 0.625. The van der Waals surface area contributed by atoms with Crippen molar-refractivity contribution in [3.63, 3.8) is 0 Å². The van der Waals surface area contributed by atoms with E-state index in [0.29, 0.717) is 16.9 Å². The first-order chi connectivity index (χ1) is 13.6. The fraction of sp³-hybridized carbons (Fsp3) is 0.125. The Hall–Kier alpha value is -1.48. The lowest BCUT2D eigenvalue weighted by Crippen LogP contribution is -1.99. The largest absolute Gasteiger partial charge is 0.457 e. The van der Waals surface area contributed by atoms with Gasteiger partial charge in [0.1, 0.15) is 11.3 Å². The lowest BCUT2D eigenvalue weighted by Gasteiger charge is -2.02. The molecule has 13 heteroatoms. The van der Waals surface area contributed by atoms with Gasteiger partial charge in [-0.15, -0.1) is 20.4 Å². The molecule has 0 N–H and O–H groups in total. The molecule has 0 radical (unpaired) electrons. The molecule has 4 rings (SSSR count). The third kappa shape index (κ3) is 4.66. The van der Waals surface area contributed by atoms with Gasteiger partial charge >= 0.3 is 0 Å². The van der Waals surface area contributed by atoms with E-state index in [0.717, 1.165) is 5.39 Å². The summed E-state index contributed by atoms with van der Waals surface area (Å²) >= 11 is 34.3. The second-order valence-electron chi connectivity index (χ2n) is 5.59. The Morgan fingerprint density at radius 3 is 2.07 bits per heavy atom. The average molecular weight is 515 g/mol. The number of rotatable bonds is 3. The monoisotopic (exact) mass is 512 g/mol. The smallest absolute Gasteiger partial charge is 0.268 e. The summed E-state index contributed by atoms with van der Waals surface area (Å²) in [6.07, 6.45) is 3.15. The molecule has 0 saturated carbocycles. The zero-order valence-electron chi connectivity index (χ0n) is 13.7. The summed E-state index contributed by atoms with van der Waals surface area (Å²) < 4.78 is 12.8. The molecular formula is C16H6Cl6N4O3. The molecule has 0 atom stereocenters. The molecule has 0 spiro atoms. The molecule has 4 aromatic rings. The van der Waals surface area contributed by atoms with E-state index >= 15 is 0 Å². The minimum atomic E-state index is -1.80. The van der Waals surface area contributed by atoms with Gasteiger partial charge in [0.05, 0.1) is 0 Å². The zero-order valence-corrected chi connectivity index (χ0v) is 18.3. The predicted molar refractivity (Wildman–Crippen MR) is 111 cm³/mol. The molecule has 0 amide bonds. The highest BCUT2D eigenvalue weighted by Gasteiger charge is 2.31. The van der Waals surface area contributed by atoms with Crippen LogP contribution in [0.5, 0.6) is 0 Å². The Balaban J connectivity index is 1.58. The first-order valence-corrected chi connectivity index (χ1v) is 9.90. The molecule has 150 valence electrons. The molecular weight excluding hydrogens is 509 g/mol. The van der Waals surface area contributed by atoms with E-state index in [1.54, 1.807) is 30.3 Å². The molecule has 3 heterocycles. The maximum absolute atomic E-state index is 5.74. The van der Waals surface area contributed by atoms with Crippen molar-refractivity contribution in [2.75, 3.05) is 0 Å². The average Bonchev–Trinajstić information content (AvgIpc) is 3.35. The van der Waals surface area contributed by atoms with Crippen LogP contribution in [0.4, 0.5) is 0 Å². The summed E-state index contributed by atoms with van der Waals surface area (Å²) in [6, 6.07) is 7.06. The number of aromatic nitrogens is 4. The van der Waals surface area contributed by atoms with Gasteiger partial charge in [-0.2, -0.15) is 0 Å². The van der Waals surface area contributed by atoms with E-state index in [9.17, 15) is 0 Å². The van der Waals surface area contributed by atoms with Crippen molar-refractivity contribution >= 4 is 92.7 Å². The van der Waals surface area contributed by atoms with Crippen molar-refractivity contribution < 1.29 is 13.3 Å². The van der Waals surface area contributed by atoms with E-state index in [2.05, 4.69) is 20.4 Å². The molecule has 29 heavy (non-hydrogen) atoms. The first kappa shape index (κ1) is 20.8. The van der Waals surface area contributed by atoms with Crippen LogP contribution in [-0.2, 0) is 7.59 Å². The van der Waals surface area contributed by atoms with E-state index in [4.69, 9.17) is 82.9 Å². The second-order valence-corrected chi connectivity index (χ2v) is 10.2. The van der Waals surface area contributed by atoms with E-state index < -0.39 is 7.59 Å². The minimum absolute atomic E-state index is 0.123. The van der Waals surface area contributed by atoms with Crippen molar-refractivity contribution in [3.05, 3.63) is 47.7 Å². The summed E-state index contributed by atoms with van der Waals surface area (Å²) in [5.41, 5.74) is 1.26. The summed E-state index contributed by atoms with van der Waals surface area (Å²) in [5, 5.41) is 15.8. The minimum Gasteiger partial charge on any atom is -0.457 e. The number of fused-ring (bicyclic) bond motifs is 1. The molecule has 0 fully saturated rings. The van der Waals surface area contributed by atoms with Crippen molar-refractivity contribution in [2.24, 2.45) is 0 Å². The van der Waals surface area contributed by atoms with Gasteiger partial charge in [-0.25, -0.2) is 0 Å². The molecule has 0 saturated heterocycles. The topological polar surface area (TPSA) is 91.0 Å². The molecule has 0 unspecified atom stereocenters. The lowest BCUT2D eigenvalue weighted by atomic mass is 10.1. The van der Waals surface area contributed by atoms with E-state index in [1.165, 1.54) is 6.08 Å². The van der Waals surface area contributed by atoms with Gasteiger partial charge in [0.15, 0.2) is 0 Å². The van der Waals surface area contributed by atoms with Crippen LogP contribution in [0.15, 0.2) is 37.5 Å². The highest BCUT2D eigenvalue weighted by Crippen LogP contribution is 2.39. The van der Waals surface area contributed by atoms with Crippen molar-refractivity contribution in [3.8, 4) is 11.5 Å².